The lowest BCUT2D eigenvalue weighted by Crippen LogP contribution is -2.14. The minimum Gasteiger partial charge on any atom is -0.497 e. The zero-order valence-corrected chi connectivity index (χ0v) is 9.76. The predicted octanol–water partition coefficient (Wildman–Crippen LogP) is 2.35. The molecular formula is C11H12BrNO. The van der Waals surface area contributed by atoms with E-state index in [0.29, 0.717) is 0 Å². The van der Waals surface area contributed by atoms with Gasteiger partial charge in [0.05, 0.1) is 13.2 Å². The third kappa shape index (κ3) is 2.28. The molecule has 0 bridgehead atoms. The number of hydrogen-bond donors (Lipinski definition) is 1. The lowest BCUT2D eigenvalue weighted by Gasteiger charge is -2.13. The predicted molar refractivity (Wildman–Crippen MR) is 61.3 cm³/mol. The summed E-state index contributed by atoms with van der Waals surface area (Å²) in [4.78, 5) is 0. The van der Waals surface area contributed by atoms with Gasteiger partial charge in [-0.15, -0.1) is 6.42 Å². The van der Waals surface area contributed by atoms with Crippen LogP contribution in [0.2, 0.25) is 0 Å². The molecular weight excluding hydrogens is 242 g/mol. The van der Waals surface area contributed by atoms with Crippen molar-refractivity contribution in [2.45, 2.75) is 6.04 Å². The number of terminal acetylenes is 1. The molecule has 0 fully saturated rings. The van der Waals surface area contributed by atoms with Crippen LogP contribution in [-0.4, -0.2) is 14.2 Å². The molecule has 1 aromatic carbocycles. The van der Waals surface area contributed by atoms with E-state index >= 15 is 0 Å². The van der Waals surface area contributed by atoms with Gasteiger partial charge in [0, 0.05) is 4.47 Å². The van der Waals surface area contributed by atoms with Crippen LogP contribution in [0.3, 0.4) is 0 Å². The number of rotatable bonds is 3. The molecule has 0 aromatic heterocycles. The zero-order chi connectivity index (χ0) is 10.6. The number of halogens is 1. The molecule has 0 radical (unpaired) electrons. The molecule has 1 unspecified atom stereocenters. The Morgan fingerprint density at radius 1 is 1.57 bits per heavy atom. The minimum absolute atomic E-state index is 0.0977. The number of methoxy groups -OCH3 is 1. The Bertz CT molecular complexity index is 357. The van der Waals surface area contributed by atoms with Gasteiger partial charge < -0.3 is 10.1 Å². The van der Waals surface area contributed by atoms with Gasteiger partial charge in [-0.05, 0) is 30.8 Å². The second kappa shape index (κ2) is 5.04. The van der Waals surface area contributed by atoms with Crippen LogP contribution in [0.1, 0.15) is 11.6 Å². The van der Waals surface area contributed by atoms with Crippen LogP contribution in [0, 0.1) is 12.3 Å². The van der Waals surface area contributed by atoms with Gasteiger partial charge in [-0.1, -0.05) is 21.9 Å². The maximum absolute atomic E-state index is 5.40. The maximum Gasteiger partial charge on any atom is 0.119 e. The topological polar surface area (TPSA) is 21.3 Å². The van der Waals surface area contributed by atoms with E-state index in [9.17, 15) is 0 Å². The lowest BCUT2D eigenvalue weighted by atomic mass is 10.1. The minimum atomic E-state index is -0.0977. The molecule has 0 saturated carbocycles. The van der Waals surface area contributed by atoms with Gasteiger partial charge in [0.1, 0.15) is 5.75 Å². The first-order valence-corrected chi connectivity index (χ1v) is 4.99. The van der Waals surface area contributed by atoms with Gasteiger partial charge in [-0.3, -0.25) is 0 Å². The van der Waals surface area contributed by atoms with E-state index in [1.165, 1.54) is 0 Å². The highest BCUT2D eigenvalue weighted by Crippen LogP contribution is 2.27. The fraction of sp³-hybridized carbons (Fsp3) is 0.273. The molecule has 1 N–H and O–H groups in total. The maximum atomic E-state index is 5.40. The number of ether oxygens (including phenoxy) is 1. The van der Waals surface area contributed by atoms with E-state index in [1.807, 2.05) is 25.2 Å². The number of hydrogen-bond acceptors (Lipinski definition) is 2. The molecule has 14 heavy (non-hydrogen) atoms. The van der Waals surface area contributed by atoms with E-state index in [0.717, 1.165) is 15.8 Å². The summed E-state index contributed by atoms with van der Waals surface area (Å²) in [5.74, 6) is 3.47. The van der Waals surface area contributed by atoms with Crippen LogP contribution in [-0.2, 0) is 0 Å². The molecule has 0 saturated heterocycles. The highest BCUT2D eigenvalue weighted by molar-refractivity contribution is 9.10. The van der Waals surface area contributed by atoms with Crippen LogP contribution in [0.5, 0.6) is 5.75 Å². The summed E-state index contributed by atoms with van der Waals surface area (Å²) in [6, 6.07) is 5.64. The Morgan fingerprint density at radius 3 is 2.79 bits per heavy atom. The average Bonchev–Trinajstić information content (AvgIpc) is 2.22. The molecule has 0 aliphatic heterocycles. The van der Waals surface area contributed by atoms with Crippen LogP contribution in [0.4, 0.5) is 0 Å². The number of benzene rings is 1. The fourth-order valence-electron chi connectivity index (χ4n) is 1.20. The Morgan fingerprint density at radius 2 is 2.29 bits per heavy atom. The van der Waals surface area contributed by atoms with Gasteiger partial charge in [-0.25, -0.2) is 0 Å². The quantitative estimate of drug-likeness (QED) is 0.836. The molecule has 2 nitrogen and oxygen atoms in total. The molecule has 0 aliphatic rings. The van der Waals surface area contributed by atoms with Crippen LogP contribution >= 0.6 is 15.9 Å². The monoisotopic (exact) mass is 253 g/mol. The van der Waals surface area contributed by atoms with Crippen molar-refractivity contribution in [2.75, 3.05) is 14.2 Å². The molecule has 0 heterocycles. The molecule has 1 rings (SSSR count). The SMILES string of the molecule is C#CC(NC)c1cc(OC)ccc1Br. The molecule has 1 aromatic rings. The molecule has 74 valence electrons. The van der Waals surface area contributed by atoms with Crippen LogP contribution < -0.4 is 10.1 Å². The summed E-state index contributed by atoms with van der Waals surface area (Å²) in [7, 11) is 3.47. The van der Waals surface area contributed by atoms with E-state index in [2.05, 4.69) is 27.2 Å². The van der Waals surface area contributed by atoms with Crippen molar-refractivity contribution in [1.29, 1.82) is 0 Å². The summed E-state index contributed by atoms with van der Waals surface area (Å²) < 4.78 is 6.11. The first-order valence-electron chi connectivity index (χ1n) is 4.19. The van der Waals surface area contributed by atoms with Crippen molar-refractivity contribution in [3.8, 4) is 18.1 Å². The normalized spacial score (nSPS) is 11.9. The van der Waals surface area contributed by atoms with Gasteiger partial charge in [0.2, 0.25) is 0 Å². The Hall–Kier alpha value is -0.980. The van der Waals surface area contributed by atoms with Crippen molar-refractivity contribution in [3.05, 3.63) is 28.2 Å². The Balaban J connectivity index is 3.12. The fourth-order valence-corrected chi connectivity index (χ4v) is 1.67. The summed E-state index contributed by atoms with van der Waals surface area (Å²) in [6.07, 6.45) is 5.40. The van der Waals surface area contributed by atoms with Crippen molar-refractivity contribution in [3.63, 3.8) is 0 Å². The highest BCUT2D eigenvalue weighted by atomic mass is 79.9. The van der Waals surface area contributed by atoms with E-state index in [4.69, 9.17) is 11.2 Å². The summed E-state index contributed by atoms with van der Waals surface area (Å²) in [5.41, 5.74) is 1.01. The zero-order valence-electron chi connectivity index (χ0n) is 8.17. The van der Waals surface area contributed by atoms with Gasteiger partial charge in [0.15, 0.2) is 0 Å². The largest absolute Gasteiger partial charge is 0.497 e. The summed E-state index contributed by atoms with van der Waals surface area (Å²) in [5, 5.41) is 3.04. The van der Waals surface area contributed by atoms with Crippen molar-refractivity contribution in [2.24, 2.45) is 0 Å². The van der Waals surface area contributed by atoms with Gasteiger partial charge in [-0.2, -0.15) is 0 Å². The van der Waals surface area contributed by atoms with Gasteiger partial charge in [0.25, 0.3) is 0 Å². The summed E-state index contributed by atoms with van der Waals surface area (Å²) in [6.45, 7) is 0. The highest BCUT2D eigenvalue weighted by Gasteiger charge is 2.10. The second-order valence-corrected chi connectivity index (χ2v) is 3.63. The second-order valence-electron chi connectivity index (χ2n) is 2.78. The van der Waals surface area contributed by atoms with Crippen molar-refractivity contribution >= 4 is 15.9 Å². The summed E-state index contributed by atoms with van der Waals surface area (Å²) >= 11 is 3.45. The average molecular weight is 254 g/mol. The third-order valence-corrected chi connectivity index (χ3v) is 2.69. The van der Waals surface area contributed by atoms with Crippen molar-refractivity contribution < 1.29 is 4.74 Å². The Labute approximate surface area is 92.8 Å². The third-order valence-electron chi connectivity index (χ3n) is 1.97. The molecule has 0 spiro atoms. The molecule has 0 aliphatic carbocycles. The number of nitrogens with one attached hydrogen (secondary N) is 1. The van der Waals surface area contributed by atoms with Crippen LogP contribution in [0.15, 0.2) is 22.7 Å². The first-order chi connectivity index (χ1) is 6.72. The lowest BCUT2D eigenvalue weighted by molar-refractivity contribution is 0.414. The standard InChI is InChI=1S/C11H12BrNO/c1-4-11(13-2)9-7-8(14-3)5-6-10(9)12/h1,5-7,11,13H,2-3H3. The molecule has 1 atom stereocenters. The Kier molecular flexibility index (Phi) is 3.99. The van der Waals surface area contributed by atoms with Crippen molar-refractivity contribution in [1.82, 2.24) is 5.32 Å². The molecule has 0 amide bonds. The van der Waals surface area contributed by atoms with Gasteiger partial charge >= 0.3 is 0 Å². The smallest absolute Gasteiger partial charge is 0.119 e. The molecule has 3 heteroatoms. The van der Waals surface area contributed by atoms with E-state index in [1.54, 1.807) is 7.11 Å². The van der Waals surface area contributed by atoms with Crippen LogP contribution in [0.25, 0.3) is 0 Å². The van der Waals surface area contributed by atoms with E-state index < -0.39 is 0 Å². The van der Waals surface area contributed by atoms with E-state index in [-0.39, 0.29) is 6.04 Å². The first kappa shape index (κ1) is 11.1.